The number of hydrogen-bond acceptors (Lipinski definition) is 10. The summed E-state index contributed by atoms with van der Waals surface area (Å²) in [5.41, 5.74) is 0. The summed E-state index contributed by atoms with van der Waals surface area (Å²) in [6, 6.07) is -1.03. The average molecular weight is 1000 g/mol. The molecule has 1 amide bonds. The summed E-state index contributed by atoms with van der Waals surface area (Å²) in [5.74, 6) is -1.24. The molecule has 0 saturated carbocycles. The van der Waals surface area contributed by atoms with Crippen LogP contribution in [0.3, 0.4) is 0 Å². The Hall–Kier alpha value is -2.90. The lowest BCUT2D eigenvalue weighted by atomic mass is 9.99. The van der Waals surface area contributed by atoms with E-state index >= 15 is 0 Å². The number of allylic oxidation sites excluding steroid dienone is 11. The largest absolute Gasteiger partial charge is 0.454 e. The number of hydrogen-bond donors (Lipinski definition) is 6. The van der Waals surface area contributed by atoms with Gasteiger partial charge in [-0.25, -0.2) is 0 Å². The van der Waals surface area contributed by atoms with E-state index in [1.54, 1.807) is 6.08 Å². The van der Waals surface area contributed by atoms with Gasteiger partial charge in [-0.15, -0.1) is 0 Å². The molecular formula is C60H105NO10. The summed E-state index contributed by atoms with van der Waals surface area (Å²) in [4.78, 5) is 26.4. The van der Waals surface area contributed by atoms with Gasteiger partial charge in [-0.3, -0.25) is 9.59 Å². The normalized spacial score (nSPS) is 20.1. The van der Waals surface area contributed by atoms with Crippen LogP contribution in [0.1, 0.15) is 233 Å². The topological polar surface area (TPSA) is 175 Å². The summed E-state index contributed by atoms with van der Waals surface area (Å²) >= 11 is 0. The number of esters is 1. The molecule has 8 atom stereocenters. The van der Waals surface area contributed by atoms with Crippen LogP contribution >= 0.6 is 0 Å². The summed E-state index contributed by atoms with van der Waals surface area (Å²) in [6.45, 7) is 5.59. The van der Waals surface area contributed by atoms with Gasteiger partial charge in [-0.2, -0.15) is 0 Å². The summed E-state index contributed by atoms with van der Waals surface area (Å²) in [6.07, 6.45) is 49.5. The zero-order chi connectivity index (χ0) is 51.8. The molecule has 1 aliphatic rings. The molecule has 1 rings (SSSR count). The minimum Gasteiger partial charge on any atom is -0.454 e. The van der Waals surface area contributed by atoms with Gasteiger partial charge in [-0.1, -0.05) is 229 Å². The van der Waals surface area contributed by atoms with Crippen LogP contribution in [0.5, 0.6) is 0 Å². The predicted molar refractivity (Wildman–Crippen MR) is 292 cm³/mol. The molecule has 0 radical (unpaired) electrons. The molecule has 71 heavy (non-hydrogen) atoms. The van der Waals surface area contributed by atoms with Gasteiger partial charge >= 0.3 is 5.97 Å². The van der Waals surface area contributed by atoms with Crippen molar-refractivity contribution in [3.63, 3.8) is 0 Å². The number of aliphatic hydroxyl groups is 5. The van der Waals surface area contributed by atoms with Gasteiger partial charge in [0.15, 0.2) is 12.4 Å². The Labute approximate surface area is 432 Å². The fraction of sp³-hybridized carbons (Fsp3) is 0.767. The Balaban J connectivity index is 2.73. The molecule has 1 saturated heterocycles. The van der Waals surface area contributed by atoms with Crippen molar-refractivity contribution >= 4 is 11.9 Å². The van der Waals surface area contributed by atoms with E-state index in [9.17, 15) is 35.1 Å². The van der Waals surface area contributed by atoms with Crippen molar-refractivity contribution in [1.29, 1.82) is 0 Å². The Bertz CT molecular complexity index is 1430. The highest BCUT2D eigenvalue weighted by Gasteiger charge is 2.47. The molecule has 1 heterocycles. The molecule has 8 unspecified atom stereocenters. The second-order valence-corrected chi connectivity index (χ2v) is 19.7. The quantitative estimate of drug-likeness (QED) is 0.0149. The van der Waals surface area contributed by atoms with Gasteiger partial charge in [0, 0.05) is 6.42 Å². The molecular weight excluding hydrogens is 895 g/mol. The number of unbranched alkanes of at least 4 members (excludes halogenated alkanes) is 26. The highest BCUT2D eigenvalue weighted by molar-refractivity contribution is 5.80. The molecule has 410 valence electrons. The van der Waals surface area contributed by atoms with E-state index in [2.05, 4.69) is 50.4 Å². The van der Waals surface area contributed by atoms with Crippen molar-refractivity contribution in [2.24, 2.45) is 0 Å². The number of carbonyl (C=O) groups is 2. The van der Waals surface area contributed by atoms with Crippen molar-refractivity contribution in [2.75, 3.05) is 13.2 Å². The third-order valence-corrected chi connectivity index (χ3v) is 13.2. The lowest BCUT2D eigenvalue weighted by Gasteiger charge is -2.41. The third-order valence-electron chi connectivity index (χ3n) is 13.2. The van der Waals surface area contributed by atoms with E-state index in [1.165, 1.54) is 116 Å². The zero-order valence-electron chi connectivity index (χ0n) is 45.1. The molecule has 0 spiro atoms. The zero-order valence-corrected chi connectivity index (χ0v) is 45.1. The van der Waals surface area contributed by atoms with Crippen molar-refractivity contribution in [1.82, 2.24) is 5.32 Å². The number of amides is 1. The second kappa shape index (κ2) is 48.1. The van der Waals surface area contributed by atoms with Crippen molar-refractivity contribution in [3.8, 4) is 0 Å². The lowest BCUT2D eigenvalue weighted by molar-refractivity contribution is -0.305. The fourth-order valence-electron chi connectivity index (χ4n) is 8.60. The number of carbonyl (C=O) groups excluding carboxylic acids is 2. The van der Waals surface area contributed by atoms with E-state index in [1.807, 2.05) is 42.5 Å². The molecule has 0 aromatic carbocycles. The lowest BCUT2D eigenvalue weighted by Crippen LogP contribution is -2.61. The van der Waals surface area contributed by atoms with Gasteiger partial charge < -0.3 is 45.1 Å². The first-order valence-electron chi connectivity index (χ1n) is 28.8. The Morgan fingerprint density at radius 2 is 1.03 bits per heavy atom. The molecule has 1 fully saturated rings. The smallest absolute Gasteiger partial charge is 0.306 e. The van der Waals surface area contributed by atoms with Crippen LogP contribution in [0.25, 0.3) is 0 Å². The van der Waals surface area contributed by atoms with Crippen LogP contribution in [-0.4, -0.2) is 99.6 Å². The SMILES string of the molecule is CC/C=C/C=C/C=C\C=C/CCCCCC(=O)OC1C(OCC(NC(=O)C(O)CCCCCCCCCC/C=C/CCCCCCCC)C(O)/C=C/CCCCCCCCCCC)OC(CO)C(O)C1O. The highest BCUT2D eigenvalue weighted by atomic mass is 16.7. The van der Waals surface area contributed by atoms with E-state index < -0.39 is 67.4 Å². The van der Waals surface area contributed by atoms with Crippen LogP contribution in [0.4, 0.5) is 0 Å². The fourth-order valence-corrected chi connectivity index (χ4v) is 8.60. The van der Waals surface area contributed by atoms with Crippen molar-refractivity contribution in [2.45, 2.75) is 282 Å². The molecule has 0 aromatic rings. The number of aliphatic hydroxyl groups excluding tert-OH is 5. The van der Waals surface area contributed by atoms with Crippen molar-refractivity contribution < 1.29 is 49.3 Å². The van der Waals surface area contributed by atoms with E-state index in [4.69, 9.17) is 14.2 Å². The second-order valence-electron chi connectivity index (χ2n) is 19.7. The van der Waals surface area contributed by atoms with Gasteiger partial charge in [0.05, 0.1) is 25.4 Å². The summed E-state index contributed by atoms with van der Waals surface area (Å²) in [7, 11) is 0. The molecule has 11 heteroatoms. The van der Waals surface area contributed by atoms with E-state index in [0.717, 1.165) is 70.6 Å². The van der Waals surface area contributed by atoms with Gasteiger partial charge in [0.2, 0.25) is 5.91 Å². The van der Waals surface area contributed by atoms with Crippen LogP contribution in [0.2, 0.25) is 0 Å². The van der Waals surface area contributed by atoms with Crippen molar-refractivity contribution in [3.05, 3.63) is 72.9 Å². The first kappa shape index (κ1) is 66.1. The first-order valence-corrected chi connectivity index (χ1v) is 28.8. The maximum absolute atomic E-state index is 13.4. The summed E-state index contributed by atoms with van der Waals surface area (Å²) in [5, 5.41) is 56.7. The Kier molecular flexibility index (Phi) is 44.8. The molecule has 1 aliphatic heterocycles. The molecule has 0 aliphatic carbocycles. The van der Waals surface area contributed by atoms with Gasteiger partial charge in [0.25, 0.3) is 0 Å². The Morgan fingerprint density at radius 1 is 0.563 bits per heavy atom. The van der Waals surface area contributed by atoms with Crippen LogP contribution in [0.15, 0.2) is 72.9 Å². The Morgan fingerprint density at radius 3 is 1.56 bits per heavy atom. The minimum absolute atomic E-state index is 0.0751. The minimum atomic E-state index is -1.63. The number of nitrogens with one attached hydrogen (secondary N) is 1. The highest BCUT2D eigenvalue weighted by Crippen LogP contribution is 2.26. The summed E-state index contributed by atoms with van der Waals surface area (Å²) < 4.78 is 17.5. The first-order chi connectivity index (χ1) is 34.7. The van der Waals surface area contributed by atoms with Gasteiger partial charge in [0.1, 0.15) is 24.4 Å². The predicted octanol–water partition coefficient (Wildman–Crippen LogP) is 12.8. The number of rotatable bonds is 47. The molecule has 0 aromatic heterocycles. The van der Waals surface area contributed by atoms with Crippen LogP contribution in [0, 0.1) is 0 Å². The monoisotopic (exact) mass is 1000 g/mol. The maximum Gasteiger partial charge on any atom is 0.306 e. The molecule has 11 nitrogen and oxygen atoms in total. The molecule has 6 N–H and O–H groups in total. The van der Waals surface area contributed by atoms with E-state index in [0.29, 0.717) is 12.8 Å². The standard InChI is InChI=1S/C60H105NO10/c1-4-7-10-13-16-19-22-24-25-26-27-28-30-32-35-38-41-44-47-53(64)59(68)61-51(52(63)46-43-40-37-34-31-21-18-15-12-9-6-3)50-69-60-58(57(67)56(66)54(49-62)70-60)71-55(65)48-45-42-39-36-33-29-23-20-17-14-11-8-5-2/h8,11,14,17,20,23-25,29,33,43,46,51-54,56-58,60,62-64,66-67H,4-7,9-10,12-13,15-16,18-19,21-22,26-28,30-32,34-42,44-45,47-50H2,1-3H3,(H,61,68)/b11-8+,17-14+,23-20-,25-24+,33-29-,46-43+. The number of ether oxygens (including phenoxy) is 3. The molecule has 0 bridgehead atoms. The van der Waals surface area contributed by atoms with Crippen LogP contribution < -0.4 is 5.32 Å². The van der Waals surface area contributed by atoms with E-state index in [-0.39, 0.29) is 19.4 Å². The third kappa shape index (κ3) is 36.6. The van der Waals surface area contributed by atoms with Gasteiger partial charge in [-0.05, 0) is 70.6 Å². The average Bonchev–Trinajstić information content (AvgIpc) is 3.37. The maximum atomic E-state index is 13.4. The van der Waals surface area contributed by atoms with Crippen LogP contribution in [-0.2, 0) is 23.8 Å².